The molecule has 0 atom stereocenters. The Balaban J connectivity index is 1.84. The first kappa shape index (κ1) is 20.6. The number of rotatable bonds is 7. The van der Waals surface area contributed by atoms with Gasteiger partial charge in [0.15, 0.2) is 5.82 Å². The van der Waals surface area contributed by atoms with E-state index in [4.69, 9.17) is 0 Å². The molecule has 29 heavy (non-hydrogen) atoms. The summed E-state index contributed by atoms with van der Waals surface area (Å²) in [6, 6.07) is 9.89. The first-order chi connectivity index (χ1) is 13.9. The van der Waals surface area contributed by atoms with E-state index in [1.54, 1.807) is 38.1 Å². The number of benzene rings is 2. The number of hydrogen-bond acceptors (Lipinski definition) is 5. The van der Waals surface area contributed by atoms with Gasteiger partial charge >= 0.3 is 0 Å². The monoisotopic (exact) mass is 417 g/mol. The molecular formula is C19H20FN5O3S. The molecule has 0 saturated carbocycles. The fourth-order valence-electron chi connectivity index (χ4n) is 2.81. The summed E-state index contributed by atoms with van der Waals surface area (Å²) in [5, 5.41) is 9.07. The minimum atomic E-state index is -3.81. The van der Waals surface area contributed by atoms with Crippen LogP contribution in [0.3, 0.4) is 0 Å². The Bertz CT molecular complexity index is 1100. The van der Waals surface area contributed by atoms with Crippen LogP contribution >= 0.6 is 0 Å². The van der Waals surface area contributed by atoms with Crippen LogP contribution in [-0.4, -0.2) is 46.9 Å². The minimum Gasteiger partial charge on any atom is -0.322 e. The standard InChI is InChI=1S/C19H20FN5O3S/c1-3-25(4-2)29(27,28)15-9-10-17(20)16(11-15)19(26)23-14-7-5-13(6-8-14)18-21-12-22-24-18/h5-12H,3-4H2,1-2H3,(H,23,26)(H,21,22,24). The third kappa shape index (κ3) is 4.33. The summed E-state index contributed by atoms with van der Waals surface area (Å²) in [5.74, 6) is -0.978. The molecule has 0 aliphatic heterocycles. The molecule has 2 N–H and O–H groups in total. The van der Waals surface area contributed by atoms with E-state index < -0.39 is 21.7 Å². The van der Waals surface area contributed by atoms with Crippen LogP contribution in [0, 0.1) is 5.82 Å². The van der Waals surface area contributed by atoms with Crippen LogP contribution in [0.5, 0.6) is 0 Å². The van der Waals surface area contributed by atoms with Gasteiger partial charge in [-0.3, -0.25) is 9.89 Å². The molecule has 1 aromatic heterocycles. The second-order valence-corrected chi connectivity index (χ2v) is 8.03. The zero-order valence-corrected chi connectivity index (χ0v) is 16.7. The lowest BCUT2D eigenvalue weighted by molar-refractivity contribution is 0.102. The molecular weight excluding hydrogens is 397 g/mol. The Morgan fingerprint density at radius 2 is 1.83 bits per heavy atom. The van der Waals surface area contributed by atoms with Crippen molar-refractivity contribution in [3.05, 3.63) is 60.2 Å². The second kappa shape index (κ2) is 8.50. The van der Waals surface area contributed by atoms with Crippen LogP contribution in [0.25, 0.3) is 11.4 Å². The predicted octanol–water partition coefficient (Wildman–Crippen LogP) is 2.89. The molecule has 0 aliphatic rings. The van der Waals surface area contributed by atoms with Gasteiger partial charge in [0.05, 0.1) is 10.5 Å². The third-order valence-corrected chi connectivity index (χ3v) is 6.40. The number of H-pyrrole nitrogens is 1. The quantitative estimate of drug-likeness (QED) is 0.615. The van der Waals surface area contributed by atoms with Gasteiger partial charge in [0.1, 0.15) is 12.1 Å². The molecule has 0 bridgehead atoms. The van der Waals surface area contributed by atoms with Crippen molar-refractivity contribution in [3.63, 3.8) is 0 Å². The van der Waals surface area contributed by atoms with E-state index in [2.05, 4.69) is 20.5 Å². The number of anilines is 1. The lowest BCUT2D eigenvalue weighted by atomic mass is 10.1. The van der Waals surface area contributed by atoms with Crippen molar-refractivity contribution in [3.8, 4) is 11.4 Å². The van der Waals surface area contributed by atoms with E-state index in [0.717, 1.165) is 23.8 Å². The van der Waals surface area contributed by atoms with Crippen LogP contribution in [-0.2, 0) is 10.0 Å². The summed E-state index contributed by atoms with van der Waals surface area (Å²) in [6.45, 7) is 3.96. The second-order valence-electron chi connectivity index (χ2n) is 6.10. The topological polar surface area (TPSA) is 108 Å². The average Bonchev–Trinajstić information content (AvgIpc) is 3.24. The summed E-state index contributed by atoms with van der Waals surface area (Å²) < 4.78 is 40.8. The highest BCUT2D eigenvalue weighted by Gasteiger charge is 2.24. The Labute approximate surface area is 167 Å². The maximum atomic E-state index is 14.2. The highest BCUT2D eigenvalue weighted by Crippen LogP contribution is 2.21. The zero-order chi connectivity index (χ0) is 21.0. The van der Waals surface area contributed by atoms with Gasteiger partial charge in [0.2, 0.25) is 10.0 Å². The normalized spacial score (nSPS) is 11.6. The SMILES string of the molecule is CCN(CC)S(=O)(=O)c1ccc(F)c(C(=O)Nc2ccc(-c3ncn[nH]3)cc2)c1. The van der Waals surface area contributed by atoms with Gasteiger partial charge in [-0.25, -0.2) is 17.8 Å². The van der Waals surface area contributed by atoms with Gasteiger partial charge < -0.3 is 5.32 Å². The first-order valence-electron chi connectivity index (χ1n) is 8.93. The van der Waals surface area contributed by atoms with Gasteiger partial charge in [-0.2, -0.15) is 9.40 Å². The Morgan fingerprint density at radius 1 is 1.14 bits per heavy atom. The van der Waals surface area contributed by atoms with Crippen LogP contribution < -0.4 is 5.32 Å². The Morgan fingerprint density at radius 3 is 2.41 bits per heavy atom. The zero-order valence-electron chi connectivity index (χ0n) is 15.9. The maximum absolute atomic E-state index is 14.2. The molecule has 0 unspecified atom stereocenters. The molecule has 2 aromatic carbocycles. The molecule has 0 aliphatic carbocycles. The summed E-state index contributed by atoms with van der Waals surface area (Å²) in [7, 11) is -3.81. The molecule has 152 valence electrons. The molecule has 10 heteroatoms. The number of sulfonamides is 1. The maximum Gasteiger partial charge on any atom is 0.258 e. The van der Waals surface area contributed by atoms with Gasteiger partial charge in [-0.1, -0.05) is 13.8 Å². The Hall–Kier alpha value is -3.11. The van der Waals surface area contributed by atoms with E-state index >= 15 is 0 Å². The van der Waals surface area contributed by atoms with Crippen molar-refractivity contribution in [2.24, 2.45) is 0 Å². The predicted molar refractivity (Wildman–Crippen MR) is 106 cm³/mol. The number of amides is 1. The molecule has 0 fully saturated rings. The van der Waals surface area contributed by atoms with Crippen molar-refractivity contribution < 1.29 is 17.6 Å². The largest absolute Gasteiger partial charge is 0.322 e. The van der Waals surface area contributed by atoms with Gasteiger partial charge in [0.25, 0.3) is 5.91 Å². The molecule has 0 saturated heterocycles. The number of aromatic nitrogens is 3. The van der Waals surface area contributed by atoms with Gasteiger partial charge in [-0.15, -0.1) is 0 Å². The van der Waals surface area contributed by atoms with Crippen molar-refractivity contribution in [2.75, 3.05) is 18.4 Å². The summed E-state index contributed by atoms with van der Waals surface area (Å²) in [4.78, 5) is 16.5. The lowest BCUT2D eigenvalue weighted by Crippen LogP contribution is -2.31. The van der Waals surface area contributed by atoms with Crippen molar-refractivity contribution in [1.82, 2.24) is 19.5 Å². The number of nitrogens with one attached hydrogen (secondary N) is 2. The van der Waals surface area contributed by atoms with E-state index in [1.165, 1.54) is 10.6 Å². The summed E-state index contributed by atoms with van der Waals surface area (Å²) in [5.41, 5.74) is 0.839. The molecule has 8 nitrogen and oxygen atoms in total. The van der Waals surface area contributed by atoms with E-state index in [-0.39, 0.29) is 23.5 Å². The van der Waals surface area contributed by atoms with Crippen LogP contribution in [0.15, 0.2) is 53.7 Å². The molecule has 0 radical (unpaired) electrons. The molecule has 1 heterocycles. The fraction of sp³-hybridized carbons (Fsp3) is 0.211. The highest BCUT2D eigenvalue weighted by molar-refractivity contribution is 7.89. The number of aromatic amines is 1. The van der Waals surface area contributed by atoms with Crippen molar-refractivity contribution in [1.29, 1.82) is 0 Å². The Kier molecular flexibility index (Phi) is 6.04. The van der Waals surface area contributed by atoms with Crippen molar-refractivity contribution >= 4 is 21.6 Å². The van der Waals surface area contributed by atoms with Crippen LogP contribution in [0.4, 0.5) is 10.1 Å². The number of carbonyl (C=O) groups is 1. The van der Waals surface area contributed by atoms with E-state index in [1.807, 2.05) is 0 Å². The van der Waals surface area contributed by atoms with E-state index in [9.17, 15) is 17.6 Å². The van der Waals surface area contributed by atoms with Gasteiger partial charge in [0, 0.05) is 24.3 Å². The lowest BCUT2D eigenvalue weighted by Gasteiger charge is -2.19. The number of carbonyl (C=O) groups excluding carboxylic acids is 1. The average molecular weight is 417 g/mol. The molecule has 0 spiro atoms. The molecule has 1 amide bonds. The smallest absolute Gasteiger partial charge is 0.258 e. The number of halogens is 1. The molecule has 3 rings (SSSR count). The number of hydrogen-bond donors (Lipinski definition) is 2. The first-order valence-corrected chi connectivity index (χ1v) is 10.4. The minimum absolute atomic E-state index is 0.131. The van der Waals surface area contributed by atoms with Crippen molar-refractivity contribution in [2.45, 2.75) is 18.7 Å². The number of nitrogens with zero attached hydrogens (tertiary/aromatic N) is 3. The van der Waals surface area contributed by atoms with Crippen LogP contribution in [0.1, 0.15) is 24.2 Å². The highest BCUT2D eigenvalue weighted by atomic mass is 32.2. The van der Waals surface area contributed by atoms with Gasteiger partial charge in [-0.05, 0) is 42.5 Å². The summed E-state index contributed by atoms with van der Waals surface area (Å²) >= 11 is 0. The summed E-state index contributed by atoms with van der Waals surface area (Å²) in [6.07, 6.45) is 1.38. The van der Waals surface area contributed by atoms with E-state index in [0.29, 0.717) is 11.5 Å². The third-order valence-electron chi connectivity index (χ3n) is 4.36. The van der Waals surface area contributed by atoms with Crippen LogP contribution in [0.2, 0.25) is 0 Å². The molecule has 3 aromatic rings. The fourth-order valence-corrected chi connectivity index (χ4v) is 4.29.